The fourth-order valence-corrected chi connectivity index (χ4v) is 3.81. The highest BCUT2D eigenvalue weighted by molar-refractivity contribution is 5.15. The van der Waals surface area contributed by atoms with E-state index in [1.165, 1.54) is 0 Å². The molecule has 0 radical (unpaired) electrons. The molecule has 3 aromatic rings. The molecule has 1 saturated heterocycles. The molecule has 4 atom stereocenters. The van der Waals surface area contributed by atoms with Gasteiger partial charge in [0.25, 0.3) is 0 Å². The lowest BCUT2D eigenvalue weighted by Gasteiger charge is -2.28. The molecule has 0 unspecified atom stereocenters. The lowest BCUT2D eigenvalue weighted by molar-refractivity contribution is -0.166. The zero-order valence-electron chi connectivity index (χ0n) is 18.1. The van der Waals surface area contributed by atoms with Crippen molar-refractivity contribution in [3.05, 3.63) is 108 Å². The molecule has 32 heavy (non-hydrogen) atoms. The van der Waals surface area contributed by atoms with Crippen molar-refractivity contribution in [2.75, 3.05) is 6.61 Å². The van der Waals surface area contributed by atoms with Crippen molar-refractivity contribution in [2.45, 2.75) is 50.8 Å². The molecule has 5 heteroatoms. The van der Waals surface area contributed by atoms with Gasteiger partial charge in [0.15, 0.2) is 6.29 Å². The fourth-order valence-electron chi connectivity index (χ4n) is 3.81. The Bertz CT molecular complexity index is 903. The summed E-state index contributed by atoms with van der Waals surface area (Å²) in [5.74, 6) is 0. The third kappa shape index (κ3) is 6.73. The number of ether oxygens (including phenoxy) is 4. The standard InChI is InChI=1S/C27H30O5/c28-26-16-24(30-18-22-12-6-2-7-13-22)27(32-26)25(31-19-23-14-8-3-9-15-23)20-29-17-21-10-4-1-5-11-21/h1-15,24-28H,16-20H2/t24-,25+,26+,27+/m1/s1. The van der Waals surface area contributed by atoms with Crippen molar-refractivity contribution in [1.82, 2.24) is 0 Å². The average molecular weight is 435 g/mol. The number of aliphatic hydroxyl groups excluding tert-OH is 1. The van der Waals surface area contributed by atoms with Gasteiger partial charge in [-0.15, -0.1) is 0 Å². The van der Waals surface area contributed by atoms with Crippen LogP contribution in [-0.2, 0) is 38.8 Å². The summed E-state index contributed by atoms with van der Waals surface area (Å²) >= 11 is 0. The molecule has 4 rings (SSSR count). The molecule has 0 spiro atoms. The molecule has 1 heterocycles. The number of hydrogen-bond donors (Lipinski definition) is 1. The summed E-state index contributed by atoms with van der Waals surface area (Å²) in [7, 11) is 0. The molecule has 0 saturated carbocycles. The van der Waals surface area contributed by atoms with Crippen LogP contribution in [-0.4, -0.2) is 36.3 Å². The van der Waals surface area contributed by atoms with Crippen molar-refractivity contribution in [3.8, 4) is 0 Å². The summed E-state index contributed by atoms with van der Waals surface area (Å²) in [4.78, 5) is 0. The Labute approximate surface area is 189 Å². The predicted octanol–water partition coefficient (Wildman–Crippen LogP) is 4.48. The van der Waals surface area contributed by atoms with Crippen molar-refractivity contribution in [3.63, 3.8) is 0 Å². The zero-order valence-corrected chi connectivity index (χ0v) is 18.1. The minimum absolute atomic E-state index is 0.286. The van der Waals surface area contributed by atoms with E-state index in [0.29, 0.717) is 32.8 Å². The number of hydrogen-bond acceptors (Lipinski definition) is 5. The van der Waals surface area contributed by atoms with E-state index in [2.05, 4.69) is 0 Å². The summed E-state index contributed by atoms with van der Waals surface area (Å²) in [5.41, 5.74) is 3.24. The Morgan fingerprint density at radius 2 is 1.28 bits per heavy atom. The zero-order chi connectivity index (χ0) is 22.0. The van der Waals surface area contributed by atoms with Gasteiger partial charge in [-0.25, -0.2) is 0 Å². The van der Waals surface area contributed by atoms with Gasteiger partial charge >= 0.3 is 0 Å². The Morgan fingerprint density at radius 3 is 1.88 bits per heavy atom. The van der Waals surface area contributed by atoms with Crippen LogP contribution in [0, 0.1) is 0 Å². The molecule has 1 fully saturated rings. The third-order valence-corrected chi connectivity index (χ3v) is 5.49. The maximum Gasteiger partial charge on any atom is 0.157 e. The normalized spacial score (nSPS) is 21.5. The second kappa shape index (κ2) is 11.9. The van der Waals surface area contributed by atoms with Crippen LogP contribution >= 0.6 is 0 Å². The average Bonchev–Trinajstić information content (AvgIpc) is 3.22. The fraction of sp³-hybridized carbons (Fsp3) is 0.333. The van der Waals surface area contributed by atoms with Crippen molar-refractivity contribution >= 4 is 0 Å². The van der Waals surface area contributed by atoms with Gasteiger partial charge in [-0.2, -0.15) is 0 Å². The maximum absolute atomic E-state index is 10.2. The largest absolute Gasteiger partial charge is 0.374 e. The van der Waals surface area contributed by atoms with E-state index in [1.807, 2.05) is 91.0 Å². The summed E-state index contributed by atoms with van der Waals surface area (Å²) in [6.07, 6.45) is -1.56. The Kier molecular flexibility index (Phi) is 8.42. The van der Waals surface area contributed by atoms with Gasteiger partial charge in [-0.1, -0.05) is 91.0 Å². The lowest BCUT2D eigenvalue weighted by Crippen LogP contribution is -2.41. The van der Waals surface area contributed by atoms with E-state index in [1.54, 1.807) is 0 Å². The lowest BCUT2D eigenvalue weighted by atomic mass is 10.1. The minimum Gasteiger partial charge on any atom is -0.374 e. The van der Waals surface area contributed by atoms with Crippen LogP contribution in [0.25, 0.3) is 0 Å². The molecular formula is C27H30O5. The first-order valence-corrected chi connectivity index (χ1v) is 11.0. The first-order chi connectivity index (χ1) is 15.8. The Morgan fingerprint density at radius 1 is 0.750 bits per heavy atom. The van der Waals surface area contributed by atoms with Gasteiger partial charge in [0.2, 0.25) is 0 Å². The monoisotopic (exact) mass is 434 g/mol. The van der Waals surface area contributed by atoms with Crippen LogP contribution < -0.4 is 0 Å². The van der Waals surface area contributed by atoms with E-state index in [-0.39, 0.29) is 12.2 Å². The maximum atomic E-state index is 10.2. The highest BCUT2D eigenvalue weighted by Crippen LogP contribution is 2.28. The second-order valence-electron chi connectivity index (χ2n) is 7.96. The summed E-state index contributed by atoms with van der Waals surface area (Å²) in [6.45, 7) is 1.71. The molecule has 0 aliphatic carbocycles. The molecule has 3 aromatic carbocycles. The molecule has 1 aliphatic heterocycles. The third-order valence-electron chi connectivity index (χ3n) is 5.49. The van der Waals surface area contributed by atoms with Crippen LogP contribution in [0.3, 0.4) is 0 Å². The summed E-state index contributed by atoms with van der Waals surface area (Å²) in [5, 5.41) is 10.2. The second-order valence-corrected chi connectivity index (χ2v) is 7.96. The van der Waals surface area contributed by atoms with Crippen LogP contribution in [0.2, 0.25) is 0 Å². The van der Waals surface area contributed by atoms with Gasteiger partial charge < -0.3 is 24.1 Å². The highest BCUT2D eigenvalue weighted by atomic mass is 16.7. The summed E-state index contributed by atoms with van der Waals surface area (Å²) < 4.78 is 24.2. The molecule has 0 amide bonds. The van der Waals surface area contributed by atoms with Crippen molar-refractivity contribution in [2.24, 2.45) is 0 Å². The Balaban J connectivity index is 1.40. The van der Waals surface area contributed by atoms with Crippen molar-refractivity contribution in [1.29, 1.82) is 0 Å². The smallest absolute Gasteiger partial charge is 0.157 e. The van der Waals surface area contributed by atoms with Crippen LogP contribution in [0.4, 0.5) is 0 Å². The molecule has 5 nitrogen and oxygen atoms in total. The summed E-state index contributed by atoms with van der Waals surface area (Å²) in [6, 6.07) is 30.0. The predicted molar refractivity (Wildman–Crippen MR) is 122 cm³/mol. The van der Waals surface area contributed by atoms with Gasteiger partial charge in [-0.05, 0) is 16.7 Å². The number of rotatable bonds is 11. The van der Waals surface area contributed by atoms with E-state index in [9.17, 15) is 5.11 Å². The highest BCUT2D eigenvalue weighted by Gasteiger charge is 2.41. The van der Waals surface area contributed by atoms with Crippen LogP contribution in [0.1, 0.15) is 23.1 Å². The number of benzene rings is 3. The molecular weight excluding hydrogens is 404 g/mol. The molecule has 168 valence electrons. The first kappa shape index (κ1) is 22.6. The van der Waals surface area contributed by atoms with Crippen molar-refractivity contribution < 1.29 is 24.1 Å². The first-order valence-electron chi connectivity index (χ1n) is 11.0. The van der Waals surface area contributed by atoms with E-state index in [4.69, 9.17) is 18.9 Å². The van der Waals surface area contributed by atoms with Gasteiger partial charge in [0, 0.05) is 6.42 Å². The van der Waals surface area contributed by atoms with Crippen LogP contribution in [0.5, 0.6) is 0 Å². The minimum atomic E-state index is -0.877. The molecule has 1 N–H and O–H groups in total. The van der Waals surface area contributed by atoms with Crippen LogP contribution in [0.15, 0.2) is 91.0 Å². The Hall–Kier alpha value is -2.54. The quantitative estimate of drug-likeness (QED) is 0.482. The van der Waals surface area contributed by atoms with E-state index < -0.39 is 12.4 Å². The molecule has 0 bridgehead atoms. The van der Waals surface area contributed by atoms with Gasteiger partial charge in [-0.3, -0.25) is 0 Å². The van der Waals surface area contributed by atoms with Gasteiger partial charge in [0.05, 0.1) is 32.5 Å². The molecule has 0 aromatic heterocycles. The SMILES string of the molecule is O[C@@H]1C[C@@H](OCc2ccccc2)[C@@H]([C@H](COCc2ccccc2)OCc2ccccc2)O1. The topological polar surface area (TPSA) is 57.2 Å². The van der Waals surface area contributed by atoms with E-state index in [0.717, 1.165) is 16.7 Å². The molecule has 1 aliphatic rings. The van der Waals surface area contributed by atoms with E-state index >= 15 is 0 Å². The van der Waals surface area contributed by atoms with Gasteiger partial charge in [0.1, 0.15) is 12.2 Å². The number of aliphatic hydroxyl groups is 1.